The number of rotatable bonds is 4. The topological polar surface area (TPSA) is 75.7 Å². The van der Waals surface area contributed by atoms with Crippen molar-refractivity contribution in [1.29, 1.82) is 0 Å². The van der Waals surface area contributed by atoms with E-state index >= 15 is 0 Å². The number of hydrogen-bond acceptors (Lipinski definition) is 4. The van der Waals surface area contributed by atoms with Gasteiger partial charge in [0.1, 0.15) is 5.75 Å². The Morgan fingerprint density at radius 2 is 1.76 bits per heavy atom. The summed E-state index contributed by atoms with van der Waals surface area (Å²) in [7, 11) is 0. The maximum atomic E-state index is 13.5. The predicted octanol–water partition coefficient (Wildman–Crippen LogP) is 5.81. The maximum Gasteiger partial charge on any atom is 0.308 e. The van der Waals surface area contributed by atoms with Gasteiger partial charge < -0.3 is 15.0 Å². The molecular formula is C27H25ClN2O4. The molecule has 3 aromatic carbocycles. The molecule has 4 rings (SSSR count). The van der Waals surface area contributed by atoms with E-state index in [4.69, 9.17) is 16.3 Å². The number of halogens is 1. The molecule has 0 aliphatic carbocycles. The van der Waals surface area contributed by atoms with Gasteiger partial charge in [-0.2, -0.15) is 0 Å². The first-order chi connectivity index (χ1) is 16.3. The highest BCUT2D eigenvalue weighted by Crippen LogP contribution is 2.31. The van der Waals surface area contributed by atoms with Gasteiger partial charge in [-0.25, -0.2) is 0 Å². The highest BCUT2D eigenvalue weighted by Gasteiger charge is 2.24. The maximum absolute atomic E-state index is 13.5. The van der Waals surface area contributed by atoms with Crippen LogP contribution in [0.25, 0.3) is 0 Å². The van der Waals surface area contributed by atoms with Gasteiger partial charge in [0.15, 0.2) is 0 Å². The summed E-state index contributed by atoms with van der Waals surface area (Å²) in [5.41, 5.74) is 4.07. The summed E-state index contributed by atoms with van der Waals surface area (Å²) in [4.78, 5) is 39.4. The summed E-state index contributed by atoms with van der Waals surface area (Å²) in [5.74, 6) is -0.804. The van der Waals surface area contributed by atoms with Gasteiger partial charge in [-0.05, 0) is 85.8 Å². The third kappa shape index (κ3) is 5.13. The third-order valence-electron chi connectivity index (χ3n) is 5.76. The van der Waals surface area contributed by atoms with E-state index in [2.05, 4.69) is 5.32 Å². The zero-order valence-corrected chi connectivity index (χ0v) is 19.8. The standard InChI is InChI=1S/C27H25ClN2O4/c1-17-15-21(29-26(32)23-8-3-4-9-25(23)34-18(2)31)11-12-22(17)27(33)30-14-6-5-7-19-16-20(28)10-13-24(19)30/h3-4,8-13,15-16H,5-7,14H2,1-2H3,(H,29,32). The SMILES string of the molecule is CC(=O)Oc1ccccc1C(=O)Nc1ccc(C(=O)N2CCCCc3cc(Cl)ccc32)c(C)c1. The summed E-state index contributed by atoms with van der Waals surface area (Å²) in [6.07, 6.45) is 2.79. The highest BCUT2D eigenvalue weighted by atomic mass is 35.5. The number of nitrogens with one attached hydrogen (secondary N) is 1. The molecule has 0 bridgehead atoms. The molecule has 0 saturated carbocycles. The smallest absolute Gasteiger partial charge is 0.308 e. The van der Waals surface area contributed by atoms with Crippen molar-refractivity contribution in [3.05, 3.63) is 87.9 Å². The number of fused-ring (bicyclic) bond motifs is 1. The molecule has 0 atom stereocenters. The van der Waals surface area contributed by atoms with Crippen molar-refractivity contribution < 1.29 is 19.1 Å². The highest BCUT2D eigenvalue weighted by molar-refractivity contribution is 6.30. The summed E-state index contributed by atoms with van der Waals surface area (Å²) >= 11 is 6.17. The lowest BCUT2D eigenvalue weighted by atomic mass is 10.0. The molecule has 0 radical (unpaired) electrons. The second-order valence-electron chi connectivity index (χ2n) is 8.26. The number of carbonyl (C=O) groups excluding carboxylic acids is 3. The molecule has 0 fully saturated rings. The lowest BCUT2D eigenvalue weighted by Gasteiger charge is -2.24. The van der Waals surface area contributed by atoms with Gasteiger partial charge in [0.25, 0.3) is 11.8 Å². The number of esters is 1. The first-order valence-corrected chi connectivity index (χ1v) is 11.5. The van der Waals surface area contributed by atoms with Crippen LogP contribution in [0.3, 0.4) is 0 Å². The summed E-state index contributed by atoms with van der Waals surface area (Å²) < 4.78 is 5.13. The fourth-order valence-electron chi connectivity index (χ4n) is 4.16. The Kier molecular flexibility index (Phi) is 6.98. The minimum Gasteiger partial charge on any atom is -0.426 e. The summed E-state index contributed by atoms with van der Waals surface area (Å²) in [5, 5.41) is 3.49. The Bertz CT molecular complexity index is 1270. The number of aryl methyl sites for hydroxylation is 2. The number of para-hydroxylation sites is 1. The van der Waals surface area contributed by atoms with Crippen molar-refractivity contribution in [2.45, 2.75) is 33.1 Å². The monoisotopic (exact) mass is 476 g/mol. The molecule has 0 spiro atoms. The molecule has 0 aromatic heterocycles. The fourth-order valence-corrected chi connectivity index (χ4v) is 4.35. The molecule has 34 heavy (non-hydrogen) atoms. The Morgan fingerprint density at radius 1 is 0.971 bits per heavy atom. The van der Waals surface area contributed by atoms with E-state index in [9.17, 15) is 14.4 Å². The second kappa shape index (κ2) is 10.1. The van der Waals surface area contributed by atoms with E-state index in [0.29, 0.717) is 22.8 Å². The Balaban J connectivity index is 1.56. The van der Waals surface area contributed by atoms with Gasteiger partial charge in [-0.15, -0.1) is 0 Å². The molecular weight excluding hydrogens is 452 g/mol. The molecule has 1 aliphatic heterocycles. The van der Waals surface area contributed by atoms with Crippen molar-refractivity contribution in [3.8, 4) is 5.75 Å². The average Bonchev–Trinajstić information content (AvgIpc) is 3.00. The second-order valence-corrected chi connectivity index (χ2v) is 8.70. The van der Waals surface area contributed by atoms with Gasteiger partial charge in [0.2, 0.25) is 0 Å². The molecule has 0 unspecified atom stereocenters. The Morgan fingerprint density at radius 3 is 2.53 bits per heavy atom. The van der Waals surface area contributed by atoms with E-state index in [-0.39, 0.29) is 17.2 Å². The van der Waals surface area contributed by atoms with E-state index in [1.54, 1.807) is 42.5 Å². The van der Waals surface area contributed by atoms with Gasteiger partial charge in [0.05, 0.1) is 5.56 Å². The van der Waals surface area contributed by atoms with Crippen LogP contribution in [0.15, 0.2) is 60.7 Å². The minimum absolute atomic E-state index is 0.0824. The van der Waals surface area contributed by atoms with Gasteiger partial charge in [-0.1, -0.05) is 23.7 Å². The number of nitrogens with zero attached hydrogens (tertiary/aromatic N) is 1. The van der Waals surface area contributed by atoms with E-state index in [0.717, 1.165) is 36.1 Å². The molecule has 1 aliphatic rings. The summed E-state index contributed by atoms with van der Waals surface area (Å²) in [6.45, 7) is 3.76. The lowest BCUT2D eigenvalue weighted by molar-refractivity contribution is -0.131. The quantitative estimate of drug-likeness (QED) is 0.381. The summed E-state index contributed by atoms with van der Waals surface area (Å²) in [6, 6.07) is 17.4. The van der Waals surface area contributed by atoms with Crippen LogP contribution in [0.5, 0.6) is 5.75 Å². The van der Waals surface area contributed by atoms with Crippen LogP contribution in [0, 0.1) is 6.92 Å². The van der Waals surface area contributed by atoms with Crippen LogP contribution < -0.4 is 15.0 Å². The van der Waals surface area contributed by atoms with Crippen LogP contribution in [0.4, 0.5) is 11.4 Å². The number of benzene rings is 3. The van der Waals surface area contributed by atoms with Gasteiger partial charge >= 0.3 is 5.97 Å². The molecule has 1 heterocycles. The van der Waals surface area contributed by atoms with Gasteiger partial charge in [-0.3, -0.25) is 14.4 Å². The van der Waals surface area contributed by atoms with E-state index < -0.39 is 11.9 Å². The number of ether oxygens (including phenoxy) is 1. The number of hydrogen-bond donors (Lipinski definition) is 1. The molecule has 2 amide bonds. The van der Waals surface area contributed by atoms with Crippen molar-refractivity contribution in [1.82, 2.24) is 0 Å². The molecule has 1 N–H and O–H groups in total. The number of anilines is 2. The first kappa shape index (κ1) is 23.5. The Labute approximate surface area is 203 Å². The molecule has 7 heteroatoms. The lowest BCUT2D eigenvalue weighted by Crippen LogP contribution is -2.32. The average molecular weight is 477 g/mol. The van der Waals surface area contributed by atoms with Crippen LogP contribution >= 0.6 is 11.6 Å². The van der Waals surface area contributed by atoms with Crippen molar-refractivity contribution in [2.24, 2.45) is 0 Å². The van der Waals surface area contributed by atoms with Crippen LogP contribution in [0.1, 0.15) is 51.6 Å². The first-order valence-electron chi connectivity index (χ1n) is 11.1. The predicted molar refractivity (Wildman–Crippen MR) is 133 cm³/mol. The van der Waals surface area contributed by atoms with Crippen LogP contribution in [-0.4, -0.2) is 24.3 Å². The van der Waals surface area contributed by atoms with Crippen molar-refractivity contribution >= 4 is 40.8 Å². The molecule has 6 nitrogen and oxygen atoms in total. The zero-order chi connectivity index (χ0) is 24.2. The van der Waals surface area contributed by atoms with E-state index in [1.807, 2.05) is 30.0 Å². The number of carbonyl (C=O) groups is 3. The molecule has 174 valence electrons. The third-order valence-corrected chi connectivity index (χ3v) is 5.99. The van der Waals surface area contributed by atoms with Crippen LogP contribution in [-0.2, 0) is 11.2 Å². The largest absolute Gasteiger partial charge is 0.426 e. The fraction of sp³-hybridized carbons (Fsp3) is 0.222. The number of amides is 2. The molecule has 0 saturated heterocycles. The van der Waals surface area contributed by atoms with Crippen molar-refractivity contribution in [3.63, 3.8) is 0 Å². The zero-order valence-electron chi connectivity index (χ0n) is 19.1. The minimum atomic E-state index is -0.503. The van der Waals surface area contributed by atoms with E-state index in [1.165, 1.54) is 6.92 Å². The van der Waals surface area contributed by atoms with Gasteiger partial charge in [0, 0.05) is 35.4 Å². The van der Waals surface area contributed by atoms with Crippen LogP contribution in [0.2, 0.25) is 5.02 Å². The normalized spacial score (nSPS) is 13.0. The molecule has 3 aromatic rings. The van der Waals surface area contributed by atoms with Crippen molar-refractivity contribution in [2.75, 3.05) is 16.8 Å². The Hall–Kier alpha value is -3.64.